The SMILES string of the molecule is Cl.NS(=O)(=O)CC1CCCN1. The number of hydrogen-bond donors (Lipinski definition) is 2. The van der Waals surface area contributed by atoms with E-state index in [1.807, 2.05) is 0 Å². The zero-order valence-electron chi connectivity index (χ0n) is 6.12. The molecule has 4 nitrogen and oxygen atoms in total. The van der Waals surface area contributed by atoms with Crippen LogP contribution in [0.3, 0.4) is 0 Å². The Bertz CT molecular complexity index is 199. The number of hydrogen-bond acceptors (Lipinski definition) is 3. The standard InChI is InChI=1S/C5H12N2O2S.ClH/c6-10(8,9)4-5-2-1-3-7-5;/h5,7H,1-4H2,(H2,6,8,9);1H. The molecular weight excluding hydrogens is 188 g/mol. The molecule has 1 aliphatic rings. The Balaban J connectivity index is 0.000001000. The van der Waals surface area contributed by atoms with Crippen LogP contribution in [-0.4, -0.2) is 26.8 Å². The molecule has 1 atom stereocenters. The van der Waals surface area contributed by atoms with E-state index in [-0.39, 0.29) is 24.2 Å². The summed E-state index contributed by atoms with van der Waals surface area (Å²) in [6, 6.07) is 0.0926. The highest BCUT2D eigenvalue weighted by Gasteiger charge is 2.18. The topological polar surface area (TPSA) is 72.2 Å². The Kier molecular flexibility index (Phi) is 4.31. The van der Waals surface area contributed by atoms with E-state index >= 15 is 0 Å². The molecule has 0 aromatic carbocycles. The minimum absolute atomic E-state index is 0. The first-order chi connectivity index (χ1) is 4.58. The van der Waals surface area contributed by atoms with E-state index < -0.39 is 10.0 Å². The number of nitrogens with two attached hydrogens (primary N) is 1. The van der Waals surface area contributed by atoms with Crippen molar-refractivity contribution >= 4 is 22.4 Å². The summed E-state index contributed by atoms with van der Waals surface area (Å²) in [5.74, 6) is 0.0764. The molecule has 1 saturated heterocycles. The average molecular weight is 201 g/mol. The quantitative estimate of drug-likeness (QED) is 0.628. The van der Waals surface area contributed by atoms with Gasteiger partial charge in [0.1, 0.15) is 0 Å². The van der Waals surface area contributed by atoms with Gasteiger partial charge in [-0.3, -0.25) is 0 Å². The molecule has 1 aliphatic heterocycles. The smallest absolute Gasteiger partial charge is 0.210 e. The Morgan fingerprint density at radius 3 is 2.55 bits per heavy atom. The fraction of sp³-hybridized carbons (Fsp3) is 1.00. The fourth-order valence-corrected chi connectivity index (χ4v) is 2.02. The summed E-state index contributed by atoms with van der Waals surface area (Å²) in [5, 5.41) is 7.90. The predicted octanol–water partition coefficient (Wildman–Crippen LogP) is -0.551. The molecule has 0 aromatic rings. The van der Waals surface area contributed by atoms with Crippen LogP contribution in [0.5, 0.6) is 0 Å². The summed E-state index contributed by atoms with van der Waals surface area (Å²) in [4.78, 5) is 0. The van der Waals surface area contributed by atoms with Crippen molar-refractivity contribution in [3.8, 4) is 0 Å². The van der Waals surface area contributed by atoms with E-state index in [4.69, 9.17) is 5.14 Å². The zero-order valence-corrected chi connectivity index (χ0v) is 7.75. The van der Waals surface area contributed by atoms with Crippen LogP contribution in [0.15, 0.2) is 0 Å². The van der Waals surface area contributed by atoms with E-state index in [1.165, 1.54) is 0 Å². The van der Waals surface area contributed by atoms with Crippen molar-refractivity contribution in [1.29, 1.82) is 0 Å². The summed E-state index contributed by atoms with van der Waals surface area (Å²) in [6.45, 7) is 0.917. The molecule has 0 aliphatic carbocycles. The third kappa shape index (κ3) is 4.58. The van der Waals surface area contributed by atoms with Gasteiger partial charge in [0.2, 0.25) is 10.0 Å². The molecule has 3 N–H and O–H groups in total. The molecule has 1 rings (SSSR count). The molecule has 0 spiro atoms. The predicted molar refractivity (Wildman–Crippen MR) is 46.2 cm³/mol. The van der Waals surface area contributed by atoms with Gasteiger partial charge in [-0.05, 0) is 19.4 Å². The van der Waals surface area contributed by atoms with Gasteiger partial charge in [0.15, 0.2) is 0 Å². The lowest BCUT2D eigenvalue weighted by atomic mass is 10.3. The van der Waals surface area contributed by atoms with Crippen LogP contribution >= 0.6 is 12.4 Å². The van der Waals surface area contributed by atoms with E-state index in [1.54, 1.807) is 0 Å². The summed E-state index contributed by atoms with van der Waals surface area (Å²) >= 11 is 0. The number of rotatable bonds is 2. The minimum atomic E-state index is -3.27. The molecule has 1 fully saturated rings. The zero-order chi connectivity index (χ0) is 7.61. The van der Waals surface area contributed by atoms with Crippen LogP contribution in [-0.2, 0) is 10.0 Å². The molecule has 0 aromatic heterocycles. The molecule has 0 radical (unpaired) electrons. The summed E-state index contributed by atoms with van der Waals surface area (Å²) in [5.41, 5.74) is 0. The van der Waals surface area contributed by atoms with Gasteiger partial charge in [0.05, 0.1) is 5.75 Å². The normalized spacial score (nSPS) is 24.6. The van der Waals surface area contributed by atoms with Gasteiger partial charge in [-0.25, -0.2) is 13.6 Å². The maximum atomic E-state index is 10.5. The van der Waals surface area contributed by atoms with Crippen molar-refractivity contribution in [3.05, 3.63) is 0 Å². The number of halogens is 1. The molecule has 68 valence electrons. The van der Waals surface area contributed by atoms with Crippen LogP contribution in [0, 0.1) is 0 Å². The van der Waals surface area contributed by atoms with Crippen LogP contribution < -0.4 is 10.5 Å². The Morgan fingerprint density at radius 1 is 1.55 bits per heavy atom. The van der Waals surface area contributed by atoms with Crippen LogP contribution in [0.1, 0.15) is 12.8 Å². The first-order valence-electron chi connectivity index (χ1n) is 3.32. The van der Waals surface area contributed by atoms with Crippen molar-refractivity contribution < 1.29 is 8.42 Å². The maximum absolute atomic E-state index is 10.5. The van der Waals surface area contributed by atoms with Gasteiger partial charge in [-0.1, -0.05) is 0 Å². The largest absolute Gasteiger partial charge is 0.313 e. The highest BCUT2D eigenvalue weighted by Crippen LogP contribution is 2.05. The summed E-state index contributed by atoms with van der Waals surface area (Å²) < 4.78 is 21.0. The van der Waals surface area contributed by atoms with Crippen molar-refractivity contribution in [3.63, 3.8) is 0 Å². The average Bonchev–Trinajstić information content (AvgIpc) is 2.12. The lowest BCUT2D eigenvalue weighted by molar-refractivity contribution is 0.578. The monoisotopic (exact) mass is 200 g/mol. The number of sulfonamides is 1. The van der Waals surface area contributed by atoms with Gasteiger partial charge in [-0.2, -0.15) is 0 Å². The third-order valence-corrected chi connectivity index (χ3v) is 2.46. The summed E-state index contributed by atoms with van der Waals surface area (Å²) in [7, 11) is -3.27. The number of nitrogens with one attached hydrogen (secondary N) is 1. The van der Waals surface area contributed by atoms with Gasteiger partial charge >= 0.3 is 0 Å². The van der Waals surface area contributed by atoms with Crippen molar-refractivity contribution in [2.24, 2.45) is 5.14 Å². The van der Waals surface area contributed by atoms with E-state index in [0.29, 0.717) is 0 Å². The number of primary sulfonamides is 1. The molecule has 1 heterocycles. The third-order valence-electron chi connectivity index (χ3n) is 1.60. The second-order valence-electron chi connectivity index (χ2n) is 2.62. The highest BCUT2D eigenvalue weighted by molar-refractivity contribution is 7.89. The lowest BCUT2D eigenvalue weighted by Crippen LogP contribution is -2.33. The highest BCUT2D eigenvalue weighted by atomic mass is 35.5. The van der Waals surface area contributed by atoms with E-state index in [9.17, 15) is 8.42 Å². The Morgan fingerprint density at radius 2 is 2.18 bits per heavy atom. The first kappa shape index (κ1) is 11.2. The Labute approximate surface area is 73.0 Å². The van der Waals surface area contributed by atoms with Crippen molar-refractivity contribution in [2.45, 2.75) is 18.9 Å². The first-order valence-corrected chi connectivity index (χ1v) is 5.03. The lowest BCUT2D eigenvalue weighted by Gasteiger charge is -2.06. The van der Waals surface area contributed by atoms with E-state index in [0.717, 1.165) is 19.4 Å². The van der Waals surface area contributed by atoms with Gasteiger partial charge in [-0.15, -0.1) is 12.4 Å². The second kappa shape index (κ2) is 4.25. The van der Waals surface area contributed by atoms with Gasteiger partial charge in [0.25, 0.3) is 0 Å². The fourth-order valence-electron chi connectivity index (χ4n) is 1.18. The second-order valence-corrected chi connectivity index (χ2v) is 4.28. The van der Waals surface area contributed by atoms with Crippen LogP contribution in [0.2, 0.25) is 0 Å². The maximum Gasteiger partial charge on any atom is 0.210 e. The van der Waals surface area contributed by atoms with Crippen molar-refractivity contribution in [1.82, 2.24) is 5.32 Å². The van der Waals surface area contributed by atoms with Crippen molar-refractivity contribution in [2.75, 3.05) is 12.3 Å². The molecule has 0 saturated carbocycles. The van der Waals surface area contributed by atoms with Crippen LogP contribution in [0.25, 0.3) is 0 Å². The van der Waals surface area contributed by atoms with Crippen LogP contribution in [0.4, 0.5) is 0 Å². The molecule has 6 heteroatoms. The molecule has 1 unspecified atom stereocenters. The molecule has 0 amide bonds. The Hall–Kier alpha value is 0.160. The molecular formula is C5H13ClN2O2S. The van der Waals surface area contributed by atoms with Gasteiger partial charge < -0.3 is 5.32 Å². The van der Waals surface area contributed by atoms with Gasteiger partial charge in [0, 0.05) is 6.04 Å². The summed E-state index contributed by atoms with van der Waals surface area (Å²) in [6.07, 6.45) is 1.98. The molecule has 0 bridgehead atoms. The van der Waals surface area contributed by atoms with E-state index in [2.05, 4.69) is 5.32 Å². The minimum Gasteiger partial charge on any atom is -0.313 e. The molecule has 11 heavy (non-hydrogen) atoms.